The first kappa shape index (κ1) is 89.3. The van der Waals surface area contributed by atoms with E-state index in [2.05, 4.69) is 64.4 Å². The summed E-state index contributed by atoms with van der Waals surface area (Å²) in [6.07, 6.45) is 24.9. The summed E-state index contributed by atoms with van der Waals surface area (Å²) in [6, 6.07) is 0.140. The number of nitrogens with one attached hydrogen (secondary N) is 10. The molecule has 570 valence electrons. The molecule has 1 aromatic heterocycles. The summed E-state index contributed by atoms with van der Waals surface area (Å²) >= 11 is 0. The van der Waals surface area contributed by atoms with Gasteiger partial charge in [-0.3, -0.25) is 58.5 Å². The van der Waals surface area contributed by atoms with Crippen LogP contribution in [0, 0.1) is 29.1 Å². The third-order valence-electron chi connectivity index (χ3n) is 18.7. The van der Waals surface area contributed by atoms with Crippen molar-refractivity contribution in [3.8, 4) is 0 Å². The monoisotopic (exact) mass is 1420 g/mol. The number of fused-ring (bicyclic) bond motifs is 1. The molecule has 10 atom stereocenters. The Balaban J connectivity index is 2.25. The largest absolute Gasteiger partial charge is 0.387 e. The number of unbranched alkanes of at least 4 members (excludes halogenated alkanes) is 14. The Hall–Kier alpha value is -7.77. The molecule has 26 heteroatoms. The molecule has 0 fully saturated rings. The fourth-order valence-corrected chi connectivity index (χ4v) is 12.2. The normalized spacial score (nSPS) is 14.5. The van der Waals surface area contributed by atoms with Crippen molar-refractivity contribution in [2.75, 3.05) is 26.2 Å². The lowest BCUT2D eigenvalue weighted by atomic mass is 9.82. The van der Waals surface area contributed by atoms with E-state index in [1.807, 2.05) is 65.8 Å². The molecule has 0 aliphatic heterocycles. The van der Waals surface area contributed by atoms with Crippen LogP contribution in [0.5, 0.6) is 0 Å². The van der Waals surface area contributed by atoms with E-state index in [-0.39, 0.29) is 100.0 Å². The standard InChI is InChI=1S/C75H130N16O10/c1-9-13-15-16-17-18-19-20-21-22-23-24-25-41-66(94)84-48-55(50-92)86-58(12-4)71(98)85-49-67(95)87-60(38-31-44-82-75(79)80)65(93)40-30-33-53(8)57(45-51(5)6)70(97)89-63(39-32-43-81-68(77)52(7)11-3)72(99)90-62(37-28-29-42-76)73(100)91-64(74(101)88-61(69(78)96)35-14-10-2)46-54-47-83-59-36-27-26-34-56(54)59/h26-27,34,36,42,47,50-53,55,57-58,60-64,76,83,86H,9-25,28-33,35,37-41,43-46,48-49H2,1-8H3,(H2,77,81)(H2,78,96)(H,84,94)(H,85,98)(H,87,95)(H,88,101)(H,89,97)(H,90,99)(H,91,100)(H4,79,80,82). The minimum atomic E-state index is -1.23. The molecule has 0 bridgehead atoms. The van der Waals surface area contributed by atoms with E-state index in [0.29, 0.717) is 75.5 Å². The fraction of sp³-hybridized carbons (Fsp3) is 0.720. The SMILES string of the molecule is CCCCCCCCCCCCCCCC(=O)NCC(C=O)NC(CC)C(=O)NCC(=O)NC(CCCN=C(N)N)C(=O)CCCC(C)C(CC(C)C)C(=O)NC(CCCN=C(N)C(C)CC)C(=O)NC(CCCC=N)C(=O)NC(Cc1c[nH]c2ccccc12)C(=O)NC(CCCC)C(N)=O. The van der Waals surface area contributed by atoms with Gasteiger partial charge >= 0.3 is 0 Å². The van der Waals surface area contributed by atoms with Crippen molar-refractivity contribution in [2.24, 2.45) is 56.6 Å². The average molecular weight is 1420 g/mol. The molecule has 2 rings (SSSR count). The quantitative estimate of drug-likeness (QED) is 0.0132. The Morgan fingerprint density at radius 2 is 1.10 bits per heavy atom. The van der Waals surface area contributed by atoms with Crippen LogP contribution < -0.4 is 65.5 Å². The van der Waals surface area contributed by atoms with Crippen LogP contribution in [0.4, 0.5) is 0 Å². The molecule has 18 N–H and O–H groups in total. The summed E-state index contributed by atoms with van der Waals surface area (Å²) in [4.78, 5) is 149. The highest BCUT2D eigenvalue weighted by atomic mass is 16.2. The second kappa shape index (κ2) is 53.1. The number of aromatic nitrogens is 1. The number of para-hydroxylation sites is 1. The van der Waals surface area contributed by atoms with Crippen molar-refractivity contribution in [1.29, 1.82) is 5.41 Å². The molecule has 2 aromatic rings. The van der Waals surface area contributed by atoms with Crippen LogP contribution in [-0.4, -0.2) is 151 Å². The zero-order valence-corrected chi connectivity index (χ0v) is 62.4. The van der Waals surface area contributed by atoms with Gasteiger partial charge in [0.05, 0.1) is 30.5 Å². The lowest BCUT2D eigenvalue weighted by Crippen LogP contribution is -2.58. The van der Waals surface area contributed by atoms with Crippen LogP contribution in [0.25, 0.3) is 10.9 Å². The molecule has 0 aliphatic rings. The molecule has 0 aliphatic carbocycles. The van der Waals surface area contributed by atoms with E-state index in [0.717, 1.165) is 49.4 Å². The van der Waals surface area contributed by atoms with Gasteiger partial charge < -0.3 is 75.3 Å². The first-order chi connectivity index (χ1) is 48.4. The summed E-state index contributed by atoms with van der Waals surface area (Å²) in [5, 5.41) is 31.3. The minimum absolute atomic E-state index is 0.00812. The summed E-state index contributed by atoms with van der Waals surface area (Å²) in [6.45, 7) is 15.7. The average Bonchev–Trinajstić information content (AvgIpc) is 1.72. The number of H-pyrrole nitrogens is 1. The number of guanidine groups is 1. The number of nitrogens with two attached hydrogens (primary N) is 4. The topological polar surface area (TPSA) is 435 Å². The molecule has 10 unspecified atom stereocenters. The first-order valence-electron chi connectivity index (χ1n) is 37.9. The number of primary amides is 1. The summed E-state index contributed by atoms with van der Waals surface area (Å²) in [7, 11) is 0. The number of carbonyl (C=O) groups excluding carboxylic acids is 10. The van der Waals surface area contributed by atoms with Gasteiger partial charge in [-0.05, 0) is 120 Å². The number of carbonyl (C=O) groups is 10. The number of amides is 8. The van der Waals surface area contributed by atoms with Crippen molar-refractivity contribution in [2.45, 2.75) is 297 Å². The van der Waals surface area contributed by atoms with Gasteiger partial charge in [0.2, 0.25) is 47.3 Å². The van der Waals surface area contributed by atoms with Crippen molar-refractivity contribution in [3.63, 3.8) is 0 Å². The highest BCUT2D eigenvalue weighted by Gasteiger charge is 2.34. The van der Waals surface area contributed by atoms with E-state index in [9.17, 15) is 47.9 Å². The highest BCUT2D eigenvalue weighted by molar-refractivity contribution is 5.97. The number of aliphatic imine (C=N–C) groups is 2. The molecule has 0 saturated heterocycles. The summed E-state index contributed by atoms with van der Waals surface area (Å²) in [5.74, 6) is -5.36. The lowest BCUT2D eigenvalue weighted by molar-refractivity contribution is -0.135. The van der Waals surface area contributed by atoms with Gasteiger partial charge in [0.25, 0.3) is 0 Å². The van der Waals surface area contributed by atoms with Gasteiger partial charge in [-0.2, -0.15) is 0 Å². The molecular weight excluding hydrogens is 1280 g/mol. The number of hydrogen-bond acceptors (Lipinski definition) is 14. The van der Waals surface area contributed by atoms with Gasteiger partial charge in [0, 0.05) is 67.8 Å². The van der Waals surface area contributed by atoms with Crippen LogP contribution in [0.2, 0.25) is 0 Å². The second-order valence-corrected chi connectivity index (χ2v) is 27.8. The van der Waals surface area contributed by atoms with Crippen LogP contribution in [0.15, 0.2) is 40.4 Å². The molecule has 0 radical (unpaired) electrons. The predicted octanol–water partition coefficient (Wildman–Crippen LogP) is 7.55. The van der Waals surface area contributed by atoms with Crippen molar-refractivity contribution in [3.05, 3.63) is 36.0 Å². The van der Waals surface area contributed by atoms with E-state index in [4.69, 9.17) is 28.3 Å². The zero-order valence-electron chi connectivity index (χ0n) is 62.4. The Morgan fingerprint density at radius 1 is 0.545 bits per heavy atom. The van der Waals surface area contributed by atoms with Crippen LogP contribution >= 0.6 is 0 Å². The Labute approximate surface area is 602 Å². The maximum Gasteiger partial charge on any atom is 0.243 e. The Kier molecular flexibility index (Phi) is 47.0. The van der Waals surface area contributed by atoms with Gasteiger partial charge in [0.1, 0.15) is 30.5 Å². The summed E-state index contributed by atoms with van der Waals surface area (Å²) in [5.41, 5.74) is 24.7. The molecule has 1 heterocycles. The fourth-order valence-electron chi connectivity index (χ4n) is 12.2. The second-order valence-electron chi connectivity index (χ2n) is 27.8. The van der Waals surface area contributed by atoms with Crippen molar-refractivity contribution in [1.82, 2.24) is 47.5 Å². The van der Waals surface area contributed by atoms with Crippen LogP contribution in [0.1, 0.15) is 254 Å². The smallest absolute Gasteiger partial charge is 0.243 e. The molecule has 0 spiro atoms. The molecular formula is C75H130N16O10. The van der Waals surface area contributed by atoms with Gasteiger partial charge in [0.15, 0.2) is 11.7 Å². The summed E-state index contributed by atoms with van der Waals surface area (Å²) < 4.78 is 0. The van der Waals surface area contributed by atoms with E-state index in [1.165, 1.54) is 64.0 Å². The number of benzene rings is 1. The number of rotatable bonds is 60. The first-order valence-corrected chi connectivity index (χ1v) is 37.9. The van der Waals surface area contributed by atoms with E-state index < -0.39 is 96.1 Å². The van der Waals surface area contributed by atoms with E-state index >= 15 is 0 Å². The Morgan fingerprint density at radius 3 is 1.68 bits per heavy atom. The lowest BCUT2D eigenvalue weighted by Gasteiger charge is -2.29. The van der Waals surface area contributed by atoms with Crippen LogP contribution in [0.3, 0.4) is 0 Å². The van der Waals surface area contributed by atoms with Crippen molar-refractivity contribution >= 4 is 88.2 Å². The number of amidine groups is 1. The predicted molar refractivity (Wildman–Crippen MR) is 402 cm³/mol. The number of hydrogen-bond donors (Lipinski definition) is 14. The zero-order chi connectivity index (χ0) is 74.9. The molecule has 8 amide bonds. The van der Waals surface area contributed by atoms with Gasteiger partial charge in [-0.25, -0.2) is 0 Å². The maximum absolute atomic E-state index is 14.8. The van der Waals surface area contributed by atoms with Gasteiger partial charge in [-0.15, -0.1) is 0 Å². The maximum atomic E-state index is 14.8. The third kappa shape index (κ3) is 38.2. The molecule has 1 aromatic carbocycles. The van der Waals surface area contributed by atoms with E-state index in [1.54, 1.807) is 13.1 Å². The minimum Gasteiger partial charge on any atom is -0.387 e. The van der Waals surface area contributed by atoms with Crippen LogP contribution in [-0.2, 0) is 54.4 Å². The molecule has 26 nitrogen and oxygen atoms in total. The van der Waals surface area contributed by atoms with Gasteiger partial charge in [-0.1, -0.05) is 163 Å². The molecule has 101 heavy (non-hydrogen) atoms. The highest BCUT2D eigenvalue weighted by Crippen LogP contribution is 2.27. The number of ketones is 1. The number of aldehydes is 1. The Bertz CT molecular complexity index is 2860. The number of aromatic amines is 1. The number of Topliss-reactive ketones (excluding diaryl/α,β-unsaturated/α-hetero) is 1. The molecule has 0 saturated carbocycles. The number of nitrogens with zero attached hydrogens (tertiary/aromatic N) is 2. The third-order valence-corrected chi connectivity index (χ3v) is 18.7. The van der Waals surface area contributed by atoms with Crippen molar-refractivity contribution < 1.29 is 47.9 Å².